The van der Waals surface area contributed by atoms with Crippen molar-refractivity contribution in [3.63, 3.8) is 0 Å². The molecular weight excluding hydrogens is 316 g/mol. The maximum absolute atomic E-state index is 12.1. The Balaban J connectivity index is 1.69. The van der Waals surface area contributed by atoms with Crippen LogP contribution < -0.4 is 10.1 Å². The molecule has 5 heteroatoms. The van der Waals surface area contributed by atoms with E-state index in [-0.39, 0.29) is 24.5 Å². The number of ketones is 1. The molecule has 0 radical (unpaired) electrons. The largest absolute Gasteiger partial charge is 0.494 e. The molecule has 1 aromatic carbocycles. The molecule has 0 aliphatic carbocycles. The second-order valence-electron chi connectivity index (χ2n) is 5.72. The standard InChI is InChI=1S/C20H24N2O3/c1-2-15-25-18-8-6-16(7-9-18)19(23)10-11-20(24)22-14-12-17-5-3-4-13-21-17/h3-9,13H,2,10-12,14-15H2,1H3,(H,22,24). The summed E-state index contributed by atoms with van der Waals surface area (Å²) in [5.74, 6) is 0.597. The lowest BCUT2D eigenvalue weighted by molar-refractivity contribution is -0.121. The lowest BCUT2D eigenvalue weighted by atomic mass is 10.1. The number of nitrogens with one attached hydrogen (secondary N) is 1. The van der Waals surface area contributed by atoms with Gasteiger partial charge in [0.15, 0.2) is 5.78 Å². The Morgan fingerprint density at radius 1 is 1.08 bits per heavy atom. The minimum atomic E-state index is -0.118. The summed E-state index contributed by atoms with van der Waals surface area (Å²) in [6.07, 6.45) is 3.74. The Hall–Kier alpha value is -2.69. The van der Waals surface area contributed by atoms with Gasteiger partial charge in [0.2, 0.25) is 5.91 Å². The molecular formula is C20H24N2O3. The molecule has 5 nitrogen and oxygen atoms in total. The molecule has 0 saturated carbocycles. The Bertz CT molecular complexity index is 669. The van der Waals surface area contributed by atoms with Crippen molar-refractivity contribution in [3.8, 4) is 5.75 Å². The zero-order valence-corrected chi connectivity index (χ0v) is 14.5. The van der Waals surface area contributed by atoms with E-state index in [4.69, 9.17) is 4.74 Å². The van der Waals surface area contributed by atoms with E-state index in [0.29, 0.717) is 25.1 Å². The predicted molar refractivity (Wildman–Crippen MR) is 96.7 cm³/mol. The molecule has 2 rings (SSSR count). The second kappa shape index (κ2) is 10.2. The van der Waals surface area contributed by atoms with Crippen LogP contribution in [0.3, 0.4) is 0 Å². The van der Waals surface area contributed by atoms with Gasteiger partial charge in [0.1, 0.15) is 5.75 Å². The quantitative estimate of drug-likeness (QED) is 0.675. The Labute approximate surface area is 148 Å². The first kappa shape index (κ1) is 18.6. The van der Waals surface area contributed by atoms with Gasteiger partial charge in [-0.1, -0.05) is 13.0 Å². The summed E-state index contributed by atoms with van der Waals surface area (Å²) in [6, 6.07) is 12.8. The third-order valence-electron chi connectivity index (χ3n) is 3.66. The molecule has 25 heavy (non-hydrogen) atoms. The number of pyridine rings is 1. The summed E-state index contributed by atoms with van der Waals surface area (Å²) in [6.45, 7) is 3.22. The van der Waals surface area contributed by atoms with Gasteiger partial charge in [-0.2, -0.15) is 0 Å². The predicted octanol–water partition coefficient (Wildman–Crippen LogP) is 3.19. The minimum Gasteiger partial charge on any atom is -0.494 e. The topological polar surface area (TPSA) is 68.3 Å². The number of aromatic nitrogens is 1. The van der Waals surface area contributed by atoms with Gasteiger partial charge in [0.05, 0.1) is 6.61 Å². The normalized spacial score (nSPS) is 10.3. The molecule has 2 aromatic rings. The van der Waals surface area contributed by atoms with E-state index in [1.54, 1.807) is 30.5 Å². The maximum Gasteiger partial charge on any atom is 0.220 e. The molecule has 1 amide bonds. The van der Waals surface area contributed by atoms with E-state index in [1.165, 1.54) is 0 Å². The first-order valence-electron chi connectivity index (χ1n) is 8.61. The van der Waals surface area contributed by atoms with E-state index < -0.39 is 0 Å². The van der Waals surface area contributed by atoms with Gasteiger partial charge in [0.25, 0.3) is 0 Å². The van der Waals surface area contributed by atoms with Gasteiger partial charge in [-0.05, 0) is 42.8 Å². The number of nitrogens with zero attached hydrogens (tertiary/aromatic N) is 1. The molecule has 0 fully saturated rings. The Kier molecular flexibility index (Phi) is 7.63. The molecule has 1 heterocycles. The smallest absolute Gasteiger partial charge is 0.220 e. The van der Waals surface area contributed by atoms with Crippen LogP contribution in [-0.2, 0) is 11.2 Å². The SMILES string of the molecule is CCCOc1ccc(C(=O)CCC(=O)NCCc2ccccn2)cc1. The molecule has 0 atom stereocenters. The minimum absolute atomic E-state index is 0.0399. The first-order valence-corrected chi connectivity index (χ1v) is 8.61. The van der Waals surface area contributed by atoms with Gasteiger partial charge >= 0.3 is 0 Å². The van der Waals surface area contributed by atoms with E-state index in [9.17, 15) is 9.59 Å². The van der Waals surface area contributed by atoms with Crippen LogP contribution in [0.1, 0.15) is 42.2 Å². The number of amides is 1. The van der Waals surface area contributed by atoms with E-state index in [2.05, 4.69) is 10.3 Å². The fraction of sp³-hybridized carbons (Fsp3) is 0.350. The Morgan fingerprint density at radius 3 is 2.56 bits per heavy atom. The van der Waals surface area contributed by atoms with Crippen molar-refractivity contribution in [2.45, 2.75) is 32.6 Å². The second-order valence-corrected chi connectivity index (χ2v) is 5.72. The van der Waals surface area contributed by atoms with Crippen LogP contribution in [0, 0.1) is 0 Å². The van der Waals surface area contributed by atoms with E-state index in [1.807, 2.05) is 25.1 Å². The third-order valence-corrected chi connectivity index (χ3v) is 3.66. The molecule has 0 bridgehead atoms. The van der Waals surface area contributed by atoms with Gasteiger partial charge < -0.3 is 10.1 Å². The van der Waals surface area contributed by atoms with Crippen molar-refractivity contribution in [1.82, 2.24) is 10.3 Å². The summed E-state index contributed by atoms with van der Waals surface area (Å²) in [5, 5.41) is 2.82. The number of benzene rings is 1. The summed E-state index contributed by atoms with van der Waals surface area (Å²) < 4.78 is 5.49. The van der Waals surface area contributed by atoms with Crippen LogP contribution in [0.4, 0.5) is 0 Å². The molecule has 0 spiro atoms. The number of Topliss-reactive ketones (excluding diaryl/α,β-unsaturated/α-hetero) is 1. The molecule has 0 unspecified atom stereocenters. The van der Waals surface area contributed by atoms with E-state index >= 15 is 0 Å². The first-order chi connectivity index (χ1) is 12.2. The number of ether oxygens (including phenoxy) is 1. The highest BCUT2D eigenvalue weighted by atomic mass is 16.5. The molecule has 1 N–H and O–H groups in total. The van der Waals surface area contributed by atoms with Crippen molar-refractivity contribution in [2.75, 3.05) is 13.2 Å². The van der Waals surface area contributed by atoms with Crippen LogP contribution in [0.25, 0.3) is 0 Å². The highest BCUT2D eigenvalue weighted by molar-refractivity contribution is 5.98. The summed E-state index contributed by atoms with van der Waals surface area (Å²) in [7, 11) is 0. The average Bonchev–Trinajstić information content (AvgIpc) is 2.65. The van der Waals surface area contributed by atoms with Crippen molar-refractivity contribution in [2.24, 2.45) is 0 Å². The average molecular weight is 340 g/mol. The van der Waals surface area contributed by atoms with Gasteiger partial charge in [-0.15, -0.1) is 0 Å². The third kappa shape index (κ3) is 6.75. The molecule has 0 aliphatic rings. The monoisotopic (exact) mass is 340 g/mol. The Morgan fingerprint density at radius 2 is 1.88 bits per heavy atom. The van der Waals surface area contributed by atoms with Crippen molar-refractivity contribution in [3.05, 3.63) is 59.9 Å². The fourth-order valence-corrected chi connectivity index (χ4v) is 2.29. The lowest BCUT2D eigenvalue weighted by Crippen LogP contribution is -2.26. The number of carbonyl (C=O) groups excluding carboxylic acids is 2. The van der Waals surface area contributed by atoms with Crippen LogP contribution in [0.2, 0.25) is 0 Å². The fourth-order valence-electron chi connectivity index (χ4n) is 2.29. The molecule has 132 valence electrons. The summed E-state index contributed by atoms with van der Waals surface area (Å²) in [4.78, 5) is 28.2. The zero-order chi connectivity index (χ0) is 17.9. The zero-order valence-electron chi connectivity index (χ0n) is 14.5. The van der Waals surface area contributed by atoms with Crippen LogP contribution in [0.15, 0.2) is 48.7 Å². The van der Waals surface area contributed by atoms with E-state index in [0.717, 1.165) is 17.9 Å². The number of rotatable bonds is 10. The highest BCUT2D eigenvalue weighted by Crippen LogP contribution is 2.14. The molecule has 1 aromatic heterocycles. The van der Waals surface area contributed by atoms with Crippen molar-refractivity contribution >= 4 is 11.7 Å². The lowest BCUT2D eigenvalue weighted by Gasteiger charge is -2.06. The highest BCUT2D eigenvalue weighted by Gasteiger charge is 2.09. The number of carbonyl (C=O) groups is 2. The number of hydrogen-bond donors (Lipinski definition) is 1. The van der Waals surface area contributed by atoms with Gasteiger partial charge in [-0.25, -0.2) is 0 Å². The maximum atomic E-state index is 12.1. The molecule has 0 aliphatic heterocycles. The van der Waals surface area contributed by atoms with Gasteiger partial charge in [0, 0.05) is 43.3 Å². The molecule has 0 saturated heterocycles. The summed E-state index contributed by atoms with van der Waals surface area (Å²) in [5.41, 5.74) is 1.54. The number of hydrogen-bond acceptors (Lipinski definition) is 4. The van der Waals surface area contributed by atoms with Crippen LogP contribution in [0.5, 0.6) is 5.75 Å². The van der Waals surface area contributed by atoms with Crippen LogP contribution >= 0.6 is 0 Å². The van der Waals surface area contributed by atoms with Crippen LogP contribution in [-0.4, -0.2) is 29.8 Å². The van der Waals surface area contributed by atoms with Crippen molar-refractivity contribution in [1.29, 1.82) is 0 Å². The van der Waals surface area contributed by atoms with Gasteiger partial charge in [-0.3, -0.25) is 14.6 Å². The summed E-state index contributed by atoms with van der Waals surface area (Å²) >= 11 is 0. The van der Waals surface area contributed by atoms with Crippen molar-refractivity contribution < 1.29 is 14.3 Å².